The Morgan fingerprint density at radius 2 is 2.25 bits per heavy atom. The number of rotatable bonds is 5. The van der Waals surface area contributed by atoms with E-state index in [0.717, 1.165) is 5.56 Å². The van der Waals surface area contributed by atoms with E-state index in [-0.39, 0.29) is 5.75 Å². The van der Waals surface area contributed by atoms with Gasteiger partial charge in [-0.15, -0.1) is 0 Å². The van der Waals surface area contributed by atoms with Gasteiger partial charge in [-0.25, -0.2) is 17.5 Å². The summed E-state index contributed by atoms with van der Waals surface area (Å²) in [7, 11) is -0.378. The lowest BCUT2D eigenvalue weighted by Crippen LogP contribution is -2.34. The molecule has 0 amide bonds. The molecule has 2 rings (SSSR count). The third-order valence-corrected chi connectivity index (χ3v) is 5.41. The lowest BCUT2D eigenvalue weighted by Gasteiger charge is -2.16. The standard InChI is InChI=1S/C13H19FN2O3S/c1-15-20(17,18)11-5-6-16(9-11)8-10-3-4-13(19-2)12(14)7-10/h3-4,7,11,15H,5-6,8-9H2,1-2H3. The van der Waals surface area contributed by atoms with E-state index in [0.29, 0.717) is 26.1 Å². The molecule has 0 spiro atoms. The number of nitrogens with one attached hydrogen (secondary N) is 1. The van der Waals surface area contributed by atoms with Gasteiger partial charge in [-0.05, 0) is 37.7 Å². The molecule has 1 aliphatic heterocycles. The number of benzene rings is 1. The van der Waals surface area contributed by atoms with Crippen molar-refractivity contribution in [3.63, 3.8) is 0 Å². The monoisotopic (exact) mass is 302 g/mol. The van der Waals surface area contributed by atoms with Crippen LogP contribution in [0.2, 0.25) is 0 Å². The van der Waals surface area contributed by atoms with Crippen molar-refractivity contribution < 1.29 is 17.5 Å². The number of halogens is 1. The zero-order valence-electron chi connectivity index (χ0n) is 11.6. The third kappa shape index (κ3) is 3.28. The maximum Gasteiger partial charge on any atom is 0.215 e. The Balaban J connectivity index is 2.00. The molecule has 1 aromatic carbocycles. The molecule has 0 aromatic heterocycles. The summed E-state index contributed by atoms with van der Waals surface area (Å²) in [4.78, 5) is 2.01. The minimum atomic E-state index is -3.23. The molecule has 20 heavy (non-hydrogen) atoms. The molecule has 1 N–H and O–H groups in total. The lowest BCUT2D eigenvalue weighted by molar-refractivity contribution is 0.329. The van der Waals surface area contributed by atoms with Crippen molar-refractivity contribution in [1.29, 1.82) is 0 Å². The lowest BCUT2D eigenvalue weighted by atomic mass is 10.2. The summed E-state index contributed by atoms with van der Waals surface area (Å²) in [5.74, 6) is -0.186. The maximum absolute atomic E-state index is 13.6. The Kier molecular flexibility index (Phi) is 4.62. The van der Waals surface area contributed by atoms with E-state index in [4.69, 9.17) is 4.74 Å². The number of likely N-dealkylation sites (tertiary alicyclic amines) is 1. The number of ether oxygens (including phenoxy) is 1. The SMILES string of the molecule is CNS(=O)(=O)C1CCN(Cc2ccc(OC)c(F)c2)C1. The summed E-state index contributed by atoms with van der Waals surface area (Å²) in [6, 6.07) is 4.81. The zero-order chi connectivity index (χ0) is 14.8. The molecule has 1 heterocycles. The Bertz CT molecular complexity index is 577. The number of methoxy groups -OCH3 is 1. The molecule has 0 aliphatic carbocycles. The van der Waals surface area contributed by atoms with Crippen LogP contribution in [0.4, 0.5) is 4.39 Å². The van der Waals surface area contributed by atoms with Crippen LogP contribution in [-0.2, 0) is 16.6 Å². The predicted octanol–water partition coefficient (Wildman–Crippen LogP) is 0.958. The fourth-order valence-electron chi connectivity index (χ4n) is 2.43. The van der Waals surface area contributed by atoms with Gasteiger partial charge in [-0.1, -0.05) is 6.07 Å². The highest BCUT2D eigenvalue weighted by Gasteiger charge is 2.31. The first-order valence-electron chi connectivity index (χ1n) is 6.43. The van der Waals surface area contributed by atoms with E-state index in [9.17, 15) is 12.8 Å². The molecule has 1 unspecified atom stereocenters. The third-order valence-electron chi connectivity index (χ3n) is 3.57. The van der Waals surface area contributed by atoms with Crippen LogP contribution in [0.15, 0.2) is 18.2 Å². The van der Waals surface area contributed by atoms with Gasteiger partial charge in [0.05, 0.1) is 12.4 Å². The Morgan fingerprint density at radius 3 is 2.85 bits per heavy atom. The topological polar surface area (TPSA) is 58.6 Å². The summed E-state index contributed by atoms with van der Waals surface area (Å²) in [6.45, 7) is 1.70. The van der Waals surface area contributed by atoms with Gasteiger partial charge in [0.2, 0.25) is 10.0 Å². The van der Waals surface area contributed by atoms with E-state index in [1.54, 1.807) is 12.1 Å². The summed E-state index contributed by atoms with van der Waals surface area (Å²) in [5, 5.41) is -0.393. The van der Waals surface area contributed by atoms with Gasteiger partial charge >= 0.3 is 0 Å². The minimum Gasteiger partial charge on any atom is -0.494 e. The molecule has 7 heteroatoms. The highest BCUT2D eigenvalue weighted by molar-refractivity contribution is 7.90. The largest absolute Gasteiger partial charge is 0.494 e. The van der Waals surface area contributed by atoms with Gasteiger partial charge in [0.1, 0.15) is 0 Å². The van der Waals surface area contributed by atoms with E-state index in [1.807, 2.05) is 4.90 Å². The van der Waals surface area contributed by atoms with E-state index >= 15 is 0 Å². The first-order chi connectivity index (χ1) is 9.46. The molecule has 1 aromatic rings. The van der Waals surface area contributed by atoms with Crippen LogP contribution in [0.25, 0.3) is 0 Å². The number of nitrogens with zero attached hydrogens (tertiary/aromatic N) is 1. The van der Waals surface area contributed by atoms with Crippen molar-refractivity contribution in [2.45, 2.75) is 18.2 Å². The Morgan fingerprint density at radius 1 is 1.50 bits per heavy atom. The van der Waals surface area contributed by atoms with E-state index in [2.05, 4.69) is 4.72 Å². The van der Waals surface area contributed by atoms with Crippen molar-refractivity contribution in [2.75, 3.05) is 27.2 Å². The van der Waals surface area contributed by atoms with Crippen LogP contribution < -0.4 is 9.46 Å². The fourth-order valence-corrected chi connectivity index (χ4v) is 3.58. The van der Waals surface area contributed by atoms with Crippen molar-refractivity contribution in [3.05, 3.63) is 29.6 Å². The second-order valence-corrected chi connectivity index (χ2v) is 7.03. The fraction of sp³-hybridized carbons (Fsp3) is 0.538. The smallest absolute Gasteiger partial charge is 0.215 e. The molecule has 1 aliphatic rings. The Labute approximate surface area is 118 Å². The molecule has 0 saturated carbocycles. The first kappa shape index (κ1) is 15.2. The molecule has 112 valence electrons. The average Bonchev–Trinajstić information content (AvgIpc) is 2.88. The molecular weight excluding hydrogens is 283 g/mol. The predicted molar refractivity (Wildman–Crippen MR) is 74.6 cm³/mol. The number of hydrogen-bond acceptors (Lipinski definition) is 4. The molecule has 0 radical (unpaired) electrons. The van der Waals surface area contributed by atoms with Gasteiger partial charge in [0.15, 0.2) is 11.6 Å². The summed E-state index contributed by atoms with van der Waals surface area (Å²) in [5.41, 5.74) is 0.811. The normalized spacial score (nSPS) is 20.2. The van der Waals surface area contributed by atoms with Crippen molar-refractivity contribution >= 4 is 10.0 Å². The second-order valence-electron chi connectivity index (χ2n) is 4.86. The first-order valence-corrected chi connectivity index (χ1v) is 7.98. The maximum atomic E-state index is 13.6. The van der Waals surface area contributed by atoms with E-state index < -0.39 is 21.1 Å². The van der Waals surface area contributed by atoms with Crippen LogP contribution in [-0.4, -0.2) is 45.8 Å². The van der Waals surface area contributed by atoms with Crippen LogP contribution in [0.3, 0.4) is 0 Å². The minimum absolute atomic E-state index is 0.214. The van der Waals surface area contributed by atoms with Gasteiger partial charge in [0.25, 0.3) is 0 Å². The van der Waals surface area contributed by atoms with Gasteiger partial charge in [0, 0.05) is 13.1 Å². The van der Waals surface area contributed by atoms with Crippen LogP contribution in [0, 0.1) is 5.82 Å². The number of sulfonamides is 1. The van der Waals surface area contributed by atoms with Gasteiger partial charge in [-0.2, -0.15) is 0 Å². The van der Waals surface area contributed by atoms with Crippen molar-refractivity contribution in [2.24, 2.45) is 0 Å². The van der Waals surface area contributed by atoms with Crippen molar-refractivity contribution in [3.8, 4) is 5.75 Å². The van der Waals surface area contributed by atoms with Crippen LogP contribution >= 0.6 is 0 Å². The molecule has 1 atom stereocenters. The quantitative estimate of drug-likeness (QED) is 0.880. The van der Waals surface area contributed by atoms with E-state index in [1.165, 1.54) is 20.2 Å². The average molecular weight is 302 g/mol. The highest BCUT2D eigenvalue weighted by atomic mass is 32.2. The van der Waals surface area contributed by atoms with Crippen LogP contribution in [0.5, 0.6) is 5.75 Å². The molecular formula is C13H19FN2O3S. The summed E-state index contributed by atoms with van der Waals surface area (Å²) < 4.78 is 44.3. The van der Waals surface area contributed by atoms with Crippen molar-refractivity contribution in [1.82, 2.24) is 9.62 Å². The molecule has 1 fully saturated rings. The zero-order valence-corrected chi connectivity index (χ0v) is 12.4. The Hall–Kier alpha value is -1.18. The summed E-state index contributed by atoms with van der Waals surface area (Å²) in [6.07, 6.45) is 0.599. The molecule has 0 bridgehead atoms. The van der Waals surface area contributed by atoms with Gasteiger partial charge < -0.3 is 4.74 Å². The molecule has 5 nitrogen and oxygen atoms in total. The second kappa shape index (κ2) is 6.07. The molecule has 1 saturated heterocycles. The summed E-state index contributed by atoms with van der Waals surface area (Å²) >= 11 is 0. The number of hydrogen-bond donors (Lipinski definition) is 1. The highest BCUT2D eigenvalue weighted by Crippen LogP contribution is 2.22. The van der Waals surface area contributed by atoms with Gasteiger partial charge in [-0.3, -0.25) is 4.90 Å². The van der Waals surface area contributed by atoms with Crippen LogP contribution in [0.1, 0.15) is 12.0 Å².